The summed E-state index contributed by atoms with van der Waals surface area (Å²) in [5.41, 5.74) is 0. The van der Waals surface area contributed by atoms with E-state index < -0.39 is 30.2 Å². The Bertz CT molecular complexity index is 403. The molecule has 1 rings (SSSR count). The molecule has 0 aliphatic heterocycles. The minimum Gasteiger partial charge on any atom is -0.383 e. The average Bonchev–Trinajstić information content (AvgIpc) is 2.30. The van der Waals surface area contributed by atoms with Gasteiger partial charge in [-0.15, -0.1) is 5.10 Å². The minimum absolute atomic E-state index is 0.325. The molecular formula is C6H5F3N2O3. The van der Waals surface area contributed by atoms with Crippen molar-refractivity contribution in [3.05, 3.63) is 16.4 Å². The third-order valence-corrected chi connectivity index (χ3v) is 1.22. The second-order valence-corrected chi connectivity index (χ2v) is 2.53. The van der Waals surface area contributed by atoms with Gasteiger partial charge in [0.2, 0.25) is 0 Å². The van der Waals surface area contributed by atoms with Crippen LogP contribution in [0.3, 0.4) is 0 Å². The van der Waals surface area contributed by atoms with Crippen molar-refractivity contribution in [1.82, 2.24) is 9.78 Å². The monoisotopic (exact) mass is 210 g/mol. The first kappa shape index (κ1) is 10.5. The van der Waals surface area contributed by atoms with Gasteiger partial charge in [0.1, 0.15) is 6.54 Å². The Balaban J connectivity index is 3.06. The van der Waals surface area contributed by atoms with Crippen molar-refractivity contribution in [2.45, 2.75) is 19.6 Å². The van der Waals surface area contributed by atoms with Crippen LogP contribution >= 0.6 is 0 Å². The highest BCUT2D eigenvalue weighted by molar-refractivity contribution is 5.75. The molecule has 0 spiro atoms. The molecule has 0 saturated heterocycles. The number of alkyl halides is 3. The van der Waals surface area contributed by atoms with E-state index >= 15 is 0 Å². The maximum atomic E-state index is 11.9. The fourth-order valence-corrected chi connectivity index (χ4v) is 0.732. The first-order chi connectivity index (χ1) is 6.30. The summed E-state index contributed by atoms with van der Waals surface area (Å²) in [5.74, 6) is -3.44. The molecule has 0 aliphatic carbocycles. The van der Waals surface area contributed by atoms with E-state index in [-0.39, 0.29) is 0 Å². The van der Waals surface area contributed by atoms with Crippen molar-refractivity contribution < 1.29 is 22.4 Å². The summed E-state index contributed by atoms with van der Waals surface area (Å²) in [4.78, 5) is 21.2. The highest BCUT2D eigenvalue weighted by Crippen LogP contribution is 2.26. The fourth-order valence-electron chi connectivity index (χ4n) is 0.732. The predicted octanol–water partition coefficient (Wildman–Crippen LogP) is 0.444. The maximum Gasteiger partial charge on any atom is 0.470 e. The Labute approximate surface area is 75.1 Å². The van der Waals surface area contributed by atoms with Crippen molar-refractivity contribution in [2.75, 3.05) is 0 Å². The number of rotatable bonds is 2. The molecule has 1 heterocycles. The number of carbonyl (C=O) groups excluding carboxylic acids is 1. The van der Waals surface area contributed by atoms with Crippen LogP contribution in [-0.2, 0) is 17.5 Å². The van der Waals surface area contributed by atoms with Gasteiger partial charge >= 0.3 is 17.8 Å². The largest absolute Gasteiger partial charge is 0.470 e. The topological polar surface area (TPSA) is 65.1 Å². The zero-order valence-corrected chi connectivity index (χ0v) is 6.96. The van der Waals surface area contributed by atoms with Crippen molar-refractivity contribution >= 4 is 5.78 Å². The molecular weight excluding hydrogens is 205 g/mol. The van der Waals surface area contributed by atoms with Crippen molar-refractivity contribution in [2.24, 2.45) is 0 Å². The van der Waals surface area contributed by atoms with E-state index in [1.807, 2.05) is 0 Å². The standard InChI is InChI=1S/C6H5F3N2O3/c1-3(12)2-11-5(13)14-4(10-11)6(7,8)9/h2H2,1H3. The lowest BCUT2D eigenvalue weighted by Gasteiger charge is -1.96. The summed E-state index contributed by atoms with van der Waals surface area (Å²) >= 11 is 0. The molecule has 0 bridgehead atoms. The number of halogens is 3. The summed E-state index contributed by atoms with van der Waals surface area (Å²) < 4.78 is 39.9. The average molecular weight is 210 g/mol. The molecule has 0 fully saturated rings. The Morgan fingerprint density at radius 1 is 1.57 bits per heavy atom. The van der Waals surface area contributed by atoms with Crippen LogP contribution in [0.4, 0.5) is 13.2 Å². The highest BCUT2D eigenvalue weighted by atomic mass is 19.4. The van der Waals surface area contributed by atoms with Crippen molar-refractivity contribution in [1.29, 1.82) is 0 Å². The van der Waals surface area contributed by atoms with Crippen molar-refractivity contribution in [3.8, 4) is 0 Å². The summed E-state index contributed by atoms with van der Waals surface area (Å²) in [6, 6.07) is 0. The van der Waals surface area contributed by atoms with Crippen LogP contribution in [-0.4, -0.2) is 15.6 Å². The molecule has 0 aliphatic rings. The summed E-state index contributed by atoms with van der Waals surface area (Å²) in [6.07, 6.45) is -4.82. The van der Waals surface area contributed by atoms with Gasteiger partial charge in [-0.1, -0.05) is 0 Å². The molecule has 0 unspecified atom stereocenters. The van der Waals surface area contributed by atoms with Crippen LogP contribution in [0.1, 0.15) is 12.8 Å². The molecule has 14 heavy (non-hydrogen) atoms. The third-order valence-electron chi connectivity index (χ3n) is 1.22. The van der Waals surface area contributed by atoms with Gasteiger partial charge in [0.25, 0.3) is 0 Å². The van der Waals surface area contributed by atoms with E-state index in [0.29, 0.717) is 4.68 Å². The normalized spacial score (nSPS) is 11.7. The summed E-state index contributed by atoms with van der Waals surface area (Å²) in [5, 5.41) is 2.81. The Morgan fingerprint density at radius 2 is 2.14 bits per heavy atom. The van der Waals surface area contributed by atoms with Gasteiger partial charge in [0.15, 0.2) is 5.78 Å². The van der Waals surface area contributed by atoms with E-state index in [1.54, 1.807) is 0 Å². The Kier molecular flexibility index (Phi) is 2.45. The van der Waals surface area contributed by atoms with Gasteiger partial charge in [0.05, 0.1) is 0 Å². The van der Waals surface area contributed by atoms with Crippen LogP contribution < -0.4 is 5.76 Å². The third kappa shape index (κ3) is 2.21. The maximum absolute atomic E-state index is 11.9. The SMILES string of the molecule is CC(=O)Cn1nc(C(F)(F)F)oc1=O. The molecule has 1 aromatic rings. The lowest BCUT2D eigenvalue weighted by atomic mass is 10.5. The van der Waals surface area contributed by atoms with Crippen LogP contribution in [0.25, 0.3) is 0 Å². The zero-order chi connectivity index (χ0) is 10.9. The summed E-state index contributed by atoms with van der Waals surface area (Å²) in [6.45, 7) is 0.590. The number of aromatic nitrogens is 2. The second kappa shape index (κ2) is 3.28. The van der Waals surface area contributed by atoms with Gasteiger partial charge in [-0.25, -0.2) is 4.79 Å². The van der Waals surface area contributed by atoms with E-state index in [9.17, 15) is 22.8 Å². The Morgan fingerprint density at radius 3 is 2.50 bits per heavy atom. The van der Waals surface area contributed by atoms with Gasteiger partial charge in [-0.2, -0.15) is 17.9 Å². The number of hydrogen-bond acceptors (Lipinski definition) is 4. The van der Waals surface area contributed by atoms with E-state index in [1.165, 1.54) is 0 Å². The molecule has 8 heteroatoms. The molecule has 0 atom stereocenters. The number of hydrogen-bond donors (Lipinski definition) is 0. The number of nitrogens with zero attached hydrogens (tertiary/aromatic N) is 2. The first-order valence-corrected chi connectivity index (χ1v) is 3.45. The van der Waals surface area contributed by atoms with Gasteiger partial charge in [0, 0.05) is 0 Å². The van der Waals surface area contributed by atoms with Crippen molar-refractivity contribution in [3.63, 3.8) is 0 Å². The molecule has 5 nitrogen and oxygen atoms in total. The predicted molar refractivity (Wildman–Crippen MR) is 36.4 cm³/mol. The summed E-state index contributed by atoms with van der Waals surface area (Å²) in [7, 11) is 0. The second-order valence-electron chi connectivity index (χ2n) is 2.53. The smallest absolute Gasteiger partial charge is 0.383 e. The molecule has 0 saturated carbocycles. The highest BCUT2D eigenvalue weighted by Gasteiger charge is 2.38. The molecule has 1 aromatic heterocycles. The Hall–Kier alpha value is -1.60. The minimum atomic E-state index is -4.82. The lowest BCUT2D eigenvalue weighted by Crippen LogP contribution is -2.19. The molecule has 0 aromatic carbocycles. The molecule has 0 radical (unpaired) electrons. The molecule has 0 N–H and O–H groups in total. The van der Waals surface area contributed by atoms with Gasteiger partial charge in [-0.05, 0) is 6.92 Å². The van der Waals surface area contributed by atoms with Crippen LogP contribution in [0.15, 0.2) is 9.21 Å². The first-order valence-electron chi connectivity index (χ1n) is 3.45. The number of ketones is 1. The van der Waals surface area contributed by atoms with Crippen LogP contribution in [0.2, 0.25) is 0 Å². The number of carbonyl (C=O) groups is 1. The molecule has 78 valence electrons. The quantitative estimate of drug-likeness (QED) is 0.710. The van der Waals surface area contributed by atoms with Gasteiger partial charge in [-0.3, -0.25) is 4.79 Å². The molecule has 0 amide bonds. The fraction of sp³-hybridized carbons (Fsp3) is 0.500. The van der Waals surface area contributed by atoms with Gasteiger partial charge < -0.3 is 4.42 Å². The number of Topliss-reactive ketones (excluding diaryl/α,β-unsaturated/α-hetero) is 1. The van der Waals surface area contributed by atoms with Crippen LogP contribution in [0, 0.1) is 0 Å². The lowest BCUT2D eigenvalue weighted by molar-refractivity contribution is -0.157. The van der Waals surface area contributed by atoms with E-state index in [0.717, 1.165) is 6.92 Å². The zero-order valence-electron chi connectivity index (χ0n) is 6.96. The van der Waals surface area contributed by atoms with E-state index in [2.05, 4.69) is 9.52 Å². The van der Waals surface area contributed by atoms with Crippen LogP contribution in [0.5, 0.6) is 0 Å². The van der Waals surface area contributed by atoms with E-state index in [4.69, 9.17) is 0 Å².